The van der Waals surface area contributed by atoms with Gasteiger partial charge in [0.15, 0.2) is 0 Å². The second-order valence-corrected chi connectivity index (χ2v) is 22.2. The molecular weight excluding hydrogens is 1120 g/mol. The Bertz CT molecular complexity index is 3190. The molecule has 0 radical (unpaired) electrons. The number of amides is 3. The summed E-state index contributed by atoms with van der Waals surface area (Å²) < 4.78 is 26.1. The van der Waals surface area contributed by atoms with Crippen LogP contribution in [0.2, 0.25) is 0 Å². The number of rotatable bonds is 16. The third kappa shape index (κ3) is 21.2. The molecule has 0 saturated heterocycles. The molecule has 0 saturated carbocycles. The second-order valence-electron chi connectivity index (χ2n) is 22.2. The summed E-state index contributed by atoms with van der Waals surface area (Å²) in [5.74, 6) is -0.870. The Morgan fingerprint density at radius 2 is 1.08 bits per heavy atom. The van der Waals surface area contributed by atoms with Gasteiger partial charge < -0.3 is 75.0 Å². The number of halogens is 1. The first-order valence-corrected chi connectivity index (χ1v) is 28.6. The maximum atomic E-state index is 12.3. The molecule has 3 aromatic heterocycles. The molecular formula is C62H89ClN8O14. The van der Waals surface area contributed by atoms with Crippen molar-refractivity contribution in [3.8, 4) is 0 Å². The molecule has 22 nitrogen and oxygen atoms in total. The number of nitrogens with one attached hydrogen (secondary N) is 4. The molecule has 23 heteroatoms. The van der Waals surface area contributed by atoms with Gasteiger partial charge in [0.1, 0.15) is 22.7 Å². The minimum atomic E-state index is -0.955. The standard InChI is InChI=1S/C19H26N2O4.C16H18N2O3.C14H14N2O3.C9H19NO3.C4H11NO.ClH/c1-5-24-18(22)15-8-7-14-9-17(19(23)25-6-2)21(16(14)10-15)12-13(3)11-20-4;1-3-21-16(20)12-5-4-11-6-14-15(19)17-8-10(2)9-18(14)13(11)7-12;1-8-6-15-13(17)12-4-9-2-3-10(14(18)19)5-11(9)16(12)7-8;1-7(6-11)5-10-8(12)13-9(2,3)4;1-4(2-5)3-6;/h7-10,13,20H,5-6,11-12H2,1-4H3;4-7,10H,3,8-9H2,1-2H3,(H,17,19);2-5,8H,6-7H2,1H3,(H,15,17)(H,18,19);7,11H,5-6H2,1-4H3,(H,10,12);4,6H,2-3,5H2,1H3;1H. The predicted octanol–water partition coefficient (Wildman–Crippen LogP) is 7.90. The lowest BCUT2D eigenvalue weighted by molar-refractivity contribution is 0.0503. The summed E-state index contributed by atoms with van der Waals surface area (Å²) in [6.07, 6.45) is -0.437. The lowest BCUT2D eigenvalue weighted by atomic mass is 10.1. The topological polar surface area (TPSA) is 306 Å². The largest absolute Gasteiger partial charge is 0.478 e. The lowest BCUT2D eigenvalue weighted by Gasteiger charge is -2.20. The van der Waals surface area contributed by atoms with Gasteiger partial charge in [-0.2, -0.15) is 0 Å². The Morgan fingerprint density at radius 3 is 1.49 bits per heavy atom. The summed E-state index contributed by atoms with van der Waals surface area (Å²) in [7, 11) is 1.90. The van der Waals surface area contributed by atoms with Crippen LogP contribution in [0.4, 0.5) is 4.79 Å². The lowest BCUT2D eigenvalue weighted by Crippen LogP contribution is -2.35. The molecule has 0 fully saturated rings. The van der Waals surface area contributed by atoms with Crippen molar-refractivity contribution in [1.29, 1.82) is 0 Å². The highest BCUT2D eigenvalue weighted by molar-refractivity contribution is 6.03. The van der Waals surface area contributed by atoms with Gasteiger partial charge in [-0.25, -0.2) is 24.0 Å². The van der Waals surface area contributed by atoms with E-state index in [9.17, 15) is 33.6 Å². The Labute approximate surface area is 503 Å². The van der Waals surface area contributed by atoms with E-state index in [-0.39, 0.29) is 72.7 Å². The summed E-state index contributed by atoms with van der Waals surface area (Å²) in [6.45, 7) is 27.3. The van der Waals surface area contributed by atoms with Crippen molar-refractivity contribution < 1.29 is 67.8 Å². The van der Waals surface area contributed by atoms with E-state index in [1.54, 1.807) is 57.2 Å². The van der Waals surface area contributed by atoms with Gasteiger partial charge in [0.05, 0.1) is 36.5 Å². The number of hydrogen-bond acceptors (Lipinski definition) is 15. The van der Waals surface area contributed by atoms with E-state index in [1.165, 1.54) is 0 Å². The number of hydrogen-bond donors (Lipinski definition) is 8. The Kier molecular flexibility index (Phi) is 29.1. The fourth-order valence-corrected chi connectivity index (χ4v) is 8.82. The first-order chi connectivity index (χ1) is 39.8. The Hall–Kier alpha value is -7.50. The van der Waals surface area contributed by atoms with E-state index >= 15 is 0 Å². The Morgan fingerprint density at radius 1 is 0.647 bits per heavy atom. The first-order valence-electron chi connectivity index (χ1n) is 28.6. The number of aliphatic hydroxyl groups excluding tert-OH is 2. The number of benzene rings is 3. The van der Waals surface area contributed by atoms with Crippen LogP contribution in [0.15, 0.2) is 72.8 Å². The van der Waals surface area contributed by atoms with Crippen LogP contribution in [-0.4, -0.2) is 149 Å². The van der Waals surface area contributed by atoms with Crippen molar-refractivity contribution in [2.24, 2.45) is 35.3 Å². The summed E-state index contributed by atoms with van der Waals surface area (Å²) in [5.41, 5.74) is 10.2. The summed E-state index contributed by atoms with van der Waals surface area (Å²) >= 11 is 0. The number of ether oxygens (including phenoxy) is 4. The number of aromatic nitrogens is 3. The number of esters is 3. The maximum Gasteiger partial charge on any atom is 0.407 e. The predicted molar refractivity (Wildman–Crippen MR) is 330 cm³/mol. The average molecular weight is 1210 g/mol. The summed E-state index contributed by atoms with van der Waals surface area (Å²) in [4.78, 5) is 82.5. The molecule has 5 unspecified atom stereocenters. The van der Waals surface area contributed by atoms with Crippen molar-refractivity contribution >= 4 is 86.9 Å². The number of carboxylic acids is 1. The summed E-state index contributed by atoms with van der Waals surface area (Å²) in [6, 6.07) is 21.2. The number of nitrogens with two attached hydrogens (primary N) is 1. The molecule has 2 aliphatic heterocycles. The number of aliphatic hydroxyl groups is 2. The average Bonchev–Trinajstić information content (AvgIpc) is 2.68. The van der Waals surface area contributed by atoms with Crippen LogP contribution in [0.5, 0.6) is 0 Å². The van der Waals surface area contributed by atoms with Crippen LogP contribution < -0.4 is 27.0 Å². The minimum absolute atomic E-state index is 0. The molecule has 3 aromatic carbocycles. The SMILES string of the molecule is CC(CN)CO.CC(CO)CNC(=O)OC(C)(C)C.CC1CNC(=O)c2cc3ccc(C(=O)O)cc3n2C1.CCOC(=O)c1ccc2cc(C(=O)OCC)n(CC(C)CNC)c2c1.CCOC(=O)c1ccc2cc3n(c2c1)CC(C)CNC3=O.Cl. The Balaban J connectivity index is 0.000000292. The molecule has 2 aliphatic rings. The molecule has 9 N–H and O–H groups in total. The second kappa shape index (κ2) is 34.5. The quantitative estimate of drug-likeness (QED) is 0.0337. The van der Waals surface area contributed by atoms with Crippen LogP contribution in [-0.2, 0) is 38.6 Å². The van der Waals surface area contributed by atoms with Gasteiger partial charge in [0, 0.05) is 85.2 Å². The monoisotopic (exact) mass is 1200 g/mol. The molecule has 0 spiro atoms. The highest BCUT2D eigenvalue weighted by atomic mass is 35.5. The maximum absolute atomic E-state index is 12.3. The number of carbonyl (C=O) groups is 7. The van der Waals surface area contributed by atoms with Gasteiger partial charge in [-0.3, -0.25) is 9.59 Å². The van der Waals surface area contributed by atoms with Gasteiger partial charge in [0.25, 0.3) is 11.8 Å². The summed E-state index contributed by atoms with van der Waals surface area (Å²) in [5, 5.41) is 40.3. The molecule has 5 atom stereocenters. The fraction of sp³-hybridized carbons (Fsp3) is 0.500. The zero-order valence-electron chi connectivity index (χ0n) is 51.2. The molecule has 468 valence electrons. The molecule has 6 aromatic rings. The third-order valence-corrected chi connectivity index (χ3v) is 13.2. The minimum Gasteiger partial charge on any atom is -0.478 e. The van der Waals surface area contributed by atoms with Crippen LogP contribution in [0.3, 0.4) is 0 Å². The first kappa shape index (κ1) is 71.8. The molecule has 5 heterocycles. The normalized spacial score (nSPS) is 15.3. The van der Waals surface area contributed by atoms with E-state index in [4.69, 9.17) is 40.0 Å². The highest BCUT2D eigenvalue weighted by Crippen LogP contribution is 2.28. The zero-order valence-corrected chi connectivity index (χ0v) is 52.0. The fourth-order valence-electron chi connectivity index (χ4n) is 8.82. The zero-order chi connectivity index (χ0) is 62.4. The van der Waals surface area contributed by atoms with Crippen LogP contribution in [0, 0.1) is 29.6 Å². The number of carbonyl (C=O) groups excluding carboxylic acids is 6. The van der Waals surface area contributed by atoms with Crippen LogP contribution >= 0.6 is 12.4 Å². The van der Waals surface area contributed by atoms with Crippen LogP contribution in [0.1, 0.15) is 139 Å². The van der Waals surface area contributed by atoms with Gasteiger partial charge in [-0.15, -0.1) is 12.4 Å². The molecule has 3 amide bonds. The number of fused-ring (bicyclic) bond motifs is 7. The number of carboxylic acid groups (broad SMARTS) is 1. The van der Waals surface area contributed by atoms with Gasteiger partial charge in [-0.1, -0.05) is 52.8 Å². The van der Waals surface area contributed by atoms with E-state index in [1.807, 2.05) is 91.8 Å². The van der Waals surface area contributed by atoms with E-state index in [0.29, 0.717) is 105 Å². The molecule has 8 rings (SSSR count). The van der Waals surface area contributed by atoms with E-state index < -0.39 is 17.7 Å². The van der Waals surface area contributed by atoms with Crippen molar-refractivity contribution in [1.82, 2.24) is 35.0 Å². The molecule has 0 aliphatic carbocycles. The van der Waals surface area contributed by atoms with Crippen molar-refractivity contribution in [2.45, 2.75) is 101 Å². The van der Waals surface area contributed by atoms with Gasteiger partial charge in [0.2, 0.25) is 0 Å². The number of aromatic carboxylic acids is 1. The van der Waals surface area contributed by atoms with Crippen LogP contribution in [0.25, 0.3) is 32.7 Å². The third-order valence-electron chi connectivity index (χ3n) is 13.2. The number of alkyl carbamates (subject to hydrolysis) is 1. The van der Waals surface area contributed by atoms with Crippen molar-refractivity contribution in [2.75, 3.05) is 72.8 Å². The molecule has 85 heavy (non-hydrogen) atoms. The van der Waals surface area contributed by atoms with Gasteiger partial charge in [-0.05, 0) is 146 Å². The van der Waals surface area contributed by atoms with Gasteiger partial charge >= 0.3 is 30.0 Å². The number of nitrogens with zero attached hydrogens (tertiary/aromatic N) is 3. The smallest absolute Gasteiger partial charge is 0.407 e. The van der Waals surface area contributed by atoms with E-state index in [2.05, 4.69) is 42.0 Å². The highest BCUT2D eigenvalue weighted by Gasteiger charge is 2.25. The van der Waals surface area contributed by atoms with Crippen molar-refractivity contribution in [3.63, 3.8) is 0 Å². The van der Waals surface area contributed by atoms with Crippen molar-refractivity contribution in [3.05, 3.63) is 107 Å². The van der Waals surface area contributed by atoms with E-state index in [0.717, 1.165) is 45.8 Å². The molecule has 0 bridgehead atoms.